The van der Waals surface area contributed by atoms with Crippen LogP contribution in [-0.4, -0.2) is 51.0 Å². The molecule has 0 spiro atoms. The zero-order valence-corrected chi connectivity index (χ0v) is 23.3. The fourth-order valence-electron chi connectivity index (χ4n) is 5.25. The van der Waals surface area contributed by atoms with Crippen LogP contribution in [0.1, 0.15) is 68.6 Å². The SMILES string of the molecule is CCC(SC1=Nc2ccccc2C2=NC(=O)C(CC(=O)NC3CCCCC3)N12)C(=O)NCc1ccc(C)cc1. The average Bonchev–Trinajstić information content (AvgIpc) is 3.27. The number of rotatable bonds is 8. The molecule has 3 aliphatic rings. The lowest BCUT2D eigenvalue weighted by Crippen LogP contribution is -2.48. The predicted octanol–water partition coefficient (Wildman–Crippen LogP) is 4.62. The predicted molar refractivity (Wildman–Crippen MR) is 155 cm³/mol. The quantitative estimate of drug-likeness (QED) is 0.504. The molecule has 2 atom stereocenters. The van der Waals surface area contributed by atoms with Gasteiger partial charge in [-0.15, -0.1) is 0 Å². The van der Waals surface area contributed by atoms with Crippen LogP contribution in [0.15, 0.2) is 58.5 Å². The number of amides is 3. The summed E-state index contributed by atoms with van der Waals surface area (Å²) in [6.45, 7) is 4.42. The van der Waals surface area contributed by atoms with E-state index in [0.717, 1.165) is 36.8 Å². The fraction of sp³-hybridized carbons (Fsp3) is 0.433. The summed E-state index contributed by atoms with van der Waals surface area (Å²) in [4.78, 5) is 50.4. The number of hydrogen-bond donors (Lipinski definition) is 2. The summed E-state index contributed by atoms with van der Waals surface area (Å²) in [5.41, 5.74) is 3.65. The highest BCUT2D eigenvalue weighted by molar-refractivity contribution is 8.15. The van der Waals surface area contributed by atoms with Gasteiger partial charge in [-0.25, -0.2) is 4.99 Å². The van der Waals surface area contributed by atoms with Gasteiger partial charge in [0.25, 0.3) is 5.91 Å². The Kier molecular flexibility index (Phi) is 8.45. The zero-order chi connectivity index (χ0) is 27.4. The molecule has 9 heteroatoms. The van der Waals surface area contributed by atoms with E-state index >= 15 is 0 Å². The van der Waals surface area contributed by atoms with E-state index in [1.807, 2.05) is 62.4 Å². The second-order valence-corrected chi connectivity index (χ2v) is 11.6. The molecule has 1 aliphatic carbocycles. The number of benzene rings is 2. The first-order valence-corrected chi connectivity index (χ1v) is 14.7. The van der Waals surface area contributed by atoms with E-state index in [1.165, 1.54) is 23.7 Å². The van der Waals surface area contributed by atoms with Gasteiger partial charge in [-0.1, -0.05) is 79.9 Å². The van der Waals surface area contributed by atoms with Crippen LogP contribution in [0.5, 0.6) is 0 Å². The van der Waals surface area contributed by atoms with Crippen molar-refractivity contribution in [1.82, 2.24) is 15.5 Å². The largest absolute Gasteiger partial charge is 0.353 e. The van der Waals surface area contributed by atoms with Gasteiger partial charge in [0.2, 0.25) is 11.8 Å². The molecule has 2 aliphatic heterocycles. The molecule has 8 nitrogen and oxygen atoms in total. The highest BCUT2D eigenvalue weighted by Gasteiger charge is 2.43. The Morgan fingerprint density at radius 2 is 1.79 bits per heavy atom. The highest BCUT2D eigenvalue weighted by atomic mass is 32.2. The number of carbonyl (C=O) groups excluding carboxylic acids is 3. The summed E-state index contributed by atoms with van der Waals surface area (Å²) in [6.07, 6.45) is 5.95. The monoisotopic (exact) mass is 545 g/mol. The molecule has 0 bridgehead atoms. The standard InChI is InChI=1S/C30H35N5O3S/c1-3-25(29(38)31-18-20-15-13-19(2)14-16-20)39-30-33-23-12-8-7-11-22(23)27-34-28(37)24(35(27)30)17-26(36)32-21-9-5-4-6-10-21/h7-8,11-16,21,24-25H,3-6,9-10,17-18H2,1-2H3,(H,31,38)(H,32,36). The second kappa shape index (κ2) is 12.2. The molecular weight excluding hydrogens is 510 g/mol. The summed E-state index contributed by atoms with van der Waals surface area (Å²) >= 11 is 1.32. The number of para-hydroxylation sites is 1. The molecule has 2 aromatic rings. The molecule has 2 heterocycles. The van der Waals surface area contributed by atoms with Gasteiger partial charge < -0.3 is 10.6 Å². The first-order valence-electron chi connectivity index (χ1n) is 13.8. The number of aliphatic imine (C=N–C) groups is 2. The van der Waals surface area contributed by atoms with Crippen molar-refractivity contribution in [3.8, 4) is 0 Å². The molecule has 2 aromatic carbocycles. The van der Waals surface area contributed by atoms with Crippen LogP contribution in [0.25, 0.3) is 0 Å². The van der Waals surface area contributed by atoms with Crippen LogP contribution in [0, 0.1) is 6.92 Å². The van der Waals surface area contributed by atoms with E-state index in [4.69, 9.17) is 4.99 Å². The van der Waals surface area contributed by atoms with E-state index in [9.17, 15) is 14.4 Å². The number of fused-ring (bicyclic) bond motifs is 3. The molecule has 5 rings (SSSR count). The number of carbonyl (C=O) groups is 3. The highest BCUT2D eigenvalue weighted by Crippen LogP contribution is 2.36. The van der Waals surface area contributed by atoms with Crippen molar-refractivity contribution in [2.24, 2.45) is 9.98 Å². The summed E-state index contributed by atoms with van der Waals surface area (Å²) in [5.74, 6) is -0.104. The van der Waals surface area contributed by atoms with Crippen molar-refractivity contribution in [2.75, 3.05) is 0 Å². The molecule has 1 saturated carbocycles. The van der Waals surface area contributed by atoms with Gasteiger partial charge in [-0.2, -0.15) is 4.99 Å². The van der Waals surface area contributed by atoms with E-state index in [0.29, 0.717) is 29.7 Å². The maximum Gasteiger partial charge on any atom is 0.271 e. The number of nitrogens with zero attached hydrogens (tertiary/aromatic N) is 3. The molecule has 2 unspecified atom stereocenters. The molecule has 39 heavy (non-hydrogen) atoms. The van der Waals surface area contributed by atoms with Crippen molar-refractivity contribution in [3.05, 3.63) is 65.2 Å². The number of aryl methyl sites for hydroxylation is 1. The van der Waals surface area contributed by atoms with Crippen molar-refractivity contribution >= 4 is 46.2 Å². The lowest BCUT2D eigenvalue weighted by atomic mass is 9.95. The Labute approximate surface area is 233 Å². The van der Waals surface area contributed by atoms with Gasteiger partial charge >= 0.3 is 0 Å². The van der Waals surface area contributed by atoms with E-state index in [1.54, 1.807) is 4.90 Å². The van der Waals surface area contributed by atoms with Gasteiger partial charge in [0.05, 0.1) is 17.4 Å². The van der Waals surface area contributed by atoms with Crippen LogP contribution >= 0.6 is 11.8 Å². The van der Waals surface area contributed by atoms with Gasteiger partial charge in [-0.3, -0.25) is 19.3 Å². The van der Waals surface area contributed by atoms with Crippen LogP contribution in [-0.2, 0) is 20.9 Å². The minimum absolute atomic E-state index is 0.000488. The fourth-order valence-corrected chi connectivity index (χ4v) is 6.34. The summed E-state index contributed by atoms with van der Waals surface area (Å²) in [7, 11) is 0. The normalized spacial score (nSPS) is 19.5. The minimum Gasteiger partial charge on any atom is -0.353 e. The lowest BCUT2D eigenvalue weighted by Gasteiger charge is -2.32. The zero-order valence-electron chi connectivity index (χ0n) is 22.5. The summed E-state index contributed by atoms with van der Waals surface area (Å²) in [6, 6.07) is 15.0. The molecule has 1 fully saturated rings. The molecule has 2 N–H and O–H groups in total. The maximum absolute atomic E-state index is 13.2. The smallest absolute Gasteiger partial charge is 0.271 e. The minimum atomic E-state index is -0.781. The van der Waals surface area contributed by atoms with Gasteiger partial charge in [0.15, 0.2) is 5.17 Å². The Morgan fingerprint density at radius 3 is 2.54 bits per heavy atom. The van der Waals surface area contributed by atoms with Crippen molar-refractivity contribution in [2.45, 2.75) is 82.7 Å². The van der Waals surface area contributed by atoms with E-state index in [2.05, 4.69) is 15.6 Å². The third kappa shape index (κ3) is 6.24. The van der Waals surface area contributed by atoms with Crippen molar-refractivity contribution in [3.63, 3.8) is 0 Å². The third-order valence-electron chi connectivity index (χ3n) is 7.46. The molecular formula is C30H35N5O3S. The number of thioether (sulfide) groups is 1. The topological polar surface area (TPSA) is 103 Å². The number of amidine groups is 2. The first kappa shape index (κ1) is 27.1. The van der Waals surface area contributed by atoms with E-state index in [-0.39, 0.29) is 30.2 Å². The summed E-state index contributed by atoms with van der Waals surface area (Å²) in [5, 5.41) is 6.26. The Hall–Kier alpha value is -3.46. The van der Waals surface area contributed by atoms with Gasteiger partial charge in [0.1, 0.15) is 11.9 Å². The maximum atomic E-state index is 13.2. The number of hydrogen-bond acceptors (Lipinski definition) is 6. The molecule has 3 amide bonds. The molecule has 0 radical (unpaired) electrons. The Balaban J connectivity index is 1.33. The van der Waals surface area contributed by atoms with Crippen LogP contribution in [0.3, 0.4) is 0 Å². The third-order valence-corrected chi connectivity index (χ3v) is 8.79. The number of nitrogens with one attached hydrogen (secondary N) is 2. The van der Waals surface area contributed by atoms with Gasteiger partial charge in [-0.05, 0) is 43.9 Å². The van der Waals surface area contributed by atoms with Gasteiger partial charge in [0, 0.05) is 18.2 Å². The summed E-state index contributed by atoms with van der Waals surface area (Å²) < 4.78 is 0. The van der Waals surface area contributed by atoms with Crippen molar-refractivity contribution in [1.29, 1.82) is 0 Å². The van der Waals surface area contributed by atoms with Crippen molar-refractivity contribution < 1.29 is 14.4 Å². The second-order valence-electron chi connectivity index (χ2n) is 10.4. The average molecular weight is 546 g/mol. The Bertz CT molecular complexity index is 1300. The van der Waals surface area contributed by atoms with Crippen LogP contribution < -0.4 is 10.6 Å². The lowest BCUT2D eigenvalue weighted by molar-refractivity contribution is -0.127. The van der Waals surface area contributed by atoms with Crippen LogP contribution in [0.2, 0.25) is 0 Å². The first-order chi connectivity index (χ1) is 18.9. The van der Waals surface area contributed by atoms with Crippen LogP contribution in [0.4, 0.5) is 5.69 Å². The Morgan fingerprint density at radius 1 is 1.05 bits per heavy atom. The molecule has 0 saturated heterocycles. The molecule has 204 valence electrons. The van der Waals surface area contributed by atoms with E-state index < -0.39 is 11.3 Å². The molecule has 0 aromatic heterocycles.